The van der Waals surface area contributed by atoms with Crippen LogP contribution in [0.3, 0.4) is 0 Å². The molecule has 1 unspecified atom stereocenters. The van der Waals surface area contributed by atoms with Crippen LogP contribution >= 0.6 is 23.2 Å². The smallest absolute Gasteiger partial charge is 0.168 e. The van der Waals surface area contributed by atoms with E-state index >= 15 is 0 Å². The van der Waals surface area contributed by atoms with Crippen molar-refractivity contribution in [3.8, 4) is 6.07 Å². The van der Waals surface area contributed by atoms with Crippen LogP contribution in [0, 0.1) is 17.2 Å². The van der Waals surface area contributed by atoms with Gasteiger partial charge in [0.05, 0.1) is 11.1 Å². The number of nitriles is 1. The molecule has 0 radical (unpaired) electrons. The summed E-state index contributed by atoms with van der Waals surface area (Å²) >= 11 is 11.7. The molecular formula is C12H11Cl2NO. The summed E-state index contributed by atoms with van der Waals surface area (Å²) in [7, 11) is 0. The van der Waals surface area contributed by atoms with Gasteiger partial charge in [-0.2, -0.15) is 5.26 Å². The predicted molar refractivity (Wildman–Crippen MR) is 64.8 cm³/mol. The van der Waals surface area contributed by atoms with Gasteiger partial charge in [0.2, 0.25) is 0 Å². The van der Waals surface area contributed by atoms with Gasteiger partial charge in [-0.05, 0) is 24.6 Å². The average molecular weight is 256 g/mol. The van der Waals surface area contributed by atoms with E-state index in [0.717, 1.165) is 0 Å². The second-order valence-corrected chi connectivity index (χ2v) is 4.30. The molecule has 1 aromatic rings. The number of hydrogen-bond acceptors (Lipinski definition) is 2. The molecule has 0 heterocycles. The van der Waals surface area contributed by atoms with Crippen molar-refractivity contribution >= 4 is 29.0 Å². The Labute approximate surface area is 105 Å². The fourth-order valence-corrected chi connectivity index (χ4v) is 1.82. The number of hydrogen-bond donors (Lipinski definition) is 0. The number of halogens is 2. The number of nitrogens with zero attached hydrogens (tertiary/aromatic N) is 1. The fraction of sp³-hybridized carbons (Fsp3) is 0.333. The highest BCUT2D eigenvalue weighted by Gasteiger charge is 2.20. The molecule has 1 rings (SSSR count). The first-order valence-electron chi connectivity index (χ1n) is 4.96. The molecule has 0 fully saturated rings. The number of rotatable bonds is 4. The van der Waals surface area contributed by atoms with Crippen LogP contribution in [0.15, 0.2) is 18.2 Å². The maximum absolute atomic E-state index is 12.0. The van der Waals surface area contributed by atoms with Gasteiger partial charge in [0.15, 0.2) is 5.78 Å². The highest BCUT2D eigenvalue weighted by atomic mass is 35.5. The highest BCUT2D eigenvalue weighted by molar-refractivity contribution is 6.36. The van der Waals surface area contributed by atoms with E-state index in [0.29, 0.717) is 22.0 Å². The van der Waals surface area contributed by atoms with Crippen molar-refractivity contribution in [2.75, 3.05) is 0 Å². The van der Waals surface area contributed by atoms with Gasteiger partial charge in [-0.25, -0.2) is 0 Å². The van der Waals surface area contributed by atoms with Crippen molar-refractivity contribution in [3.63, 3.8) is 0 Å². The minimum atomic E-state index is -0.305. The van der Waals surface area contributed by atoms with Gasteiger partial charge in [-0.15, -0.1) is 0 Å². The summed E-state index contributed by atoms with van der Waals surface area (Å²) in [5, 5.41) is 9.48. The van der Waals surface area contributed by atoms with Crippen LogP contribution in [0.1, 0.15) is 30.1 Å². The molecule has 0 amide bonds. The maximum Gasteiger partial charge on any atom is 0.168 e. The van der Waals surface area contributed by atoms with Crippen molar-refractivity contribution in [2.24, 2.45) is 5.92 Å². The minimum absolute atomic E-state index is 0.114. The van der Waals surface area contributed by atoms with Crippen LogP contribution in [0.2, 0.25) is 10.0 Å². The van der Waals surface area contributed by atoms with E-state index in [9.17, 15) is 4.79 Å². The van der Waals surface area contributed by atoms with Crippen LogP contribution in [-0.4, -0.2) is 5.78 Å². The van der Waals surface area contributed by atoms with Gasteiger partial charge >= 0.3 is 0 Å². The largest absolute Gasteiger partial charge is 0.294 e. The molecular weight excluding hydrogens is 245 g/mol. The molecule has 16 heavy (non-hydrogen) atoms. The fourth-order valence-electron chi connectivity index (χ4n) is 1.44. The summed E-state index contributed by atoms with van der Waals surface area (Å²) in [5.41, 5.74) is 0.399. The van der Waals surface area contributed by atoms with Crippen LogP contribution in [0.4, 0.5) is 0 Å². The SMILES string of the molecule is CCC(CC#N)C(=O)c1cc(Cl)ccc1Cl. The summed E-state index contributed by atoms with van der Waals surface area (Å²) < 4.78 is 0. The van der Waals surface area contributed by atoms with E-state index < -0.39 is 0 Å². The first kappa shape index (κ1) is 13.0. The molecule has 1 atom stereocenters. The third kappa shape index (κ3) is 2.98. The third-order valence-corrected chi connectivity index (χ3v) is 2.96. The Balaban J connectivity index is 3.03. The lowest BCUT2D eigenvalue weighted by Gasteiger charge is -2.11. The standard InChI is InChI=1S/C12H11Cl2NO/c1-2-8(5-6-15)12(16)10-7-9(13)3-4-11(10)14/h3-4,7-8H,2,5H2,1H3. The Morgan fingerprint density at radius 2 is 2.19 bits per heavy atom. The molecule has 4 heteroatoms. The van der Waals surface area contributed by atoms with Gasteiger partial charge in [-0.1, -0.05) is 30.1 Å². The molecule has 2 nitrogen and oxygen atoms in total. The van der Waals surface area contributed by atoms with Gasteiger partial charge in [0.25, 0.3) is 0 Å². The monoisotopic (exact) mass is 255 g/mol. The van der Waals surface area contributed by atoms with E-state index in [-0.39, 0.29) is 18.1 Å². The molecule has 1 aromatic carbocycles. The topological polar surface area (TPSA) is 40.9 Å². The molecule has 0 aliphatic rings. The lowest BCUT2D eigenvalue weighted by Crippen LogP contribution is -2.14. The van der Waals surface area contributed by atoms with E-state index in [4.69, 9.17) is 28.5 Å². The lowest BCUT2D eigenvalue weighted by atomic mass is 9.93. The van der Waals surface area contributed by atoms with Gasteiger partial charge < -0.3 is 0 Å². The third-order valence-electron chi connectivity index (χ3n) is 2.40. The number of benzene rings is 1. The quantitative estimate of drug-likeness (QED) is 0.760. The number of Topliss-reactive ketones (excluding diaryl/α,β-unsaturated/α-hetero) is 1. The Kier molecular flexibility index (Phi) is 4.79. The van der Waals surface area contributed by atoms with Crippen molar-refractivity contribution in [1.82, 2.24) is 0 Å². The molecule has 0 aliphatic heterocycles. The summed E-state index contributed by atoms with van der Waals surface area (Å²) in [5.74, 6) is -0.419. The van der Waals surface area contributed by atoms with E-state index in [1.807, 2.05) is 13.0 Å². The molecule has 0 bridgehead atoms. The van der Waals surface area contributed by atoms with Crippen LogP contribution < -0.4 is 0 Å². The van der Waals surface area contributed by atoms with Crippen molar-refractivity contribution in [2.45, 2.75) is 19.8 Å². The first-order valence-corrected chi connectivity index (χ1v) is 5.72. The first-order chi connectivity index (χ1) is 7.60. The van der Waals surface area contributed by atoms with E-state index in [1.54, 1.807) is 18.2 Å². The zero-order chi connectivity index (χ0) is 12.1. The zero-order valence-corrected chi connectivity index (χ0v) is 10.3. The number of carbonyl (C=O) groups is 1. The molecule has 0 N–H and O–H groups in total. The molecule has 84 valence electrons. The zero-order valence-electron chi connectivity index (χ0n) is 8.84. The van der Waals surface area contributed by atoms with Gasteiger partial charge in [0, 0.05) is 22.9 Å². The number of ketones is 1. The molecule has 0 saturated heterocycles. The van der Waals surface area contributed by atoms with Gasteiger partial charge in [0.1, 0.15) is 0 Å². The summed E-state index contributed by atoms with van der Waals surface area (Å²) in [6.07, 6.45) is 0.827. The van der Waals surface area contributed by atoms with Crippen LogP contribution in [0.25, 0.3) is 0 Å². The predicted octanol–water partition coefficient (Wildman–Crippen LogP) is 4.12. The summed E-state index contributed by atoms with van der Waals surface area (Å²) in [6.45, 7) is 1.87. The molecule has 0 spiro atoms. The molecule has 0 aliphatic carbocycles. The Hall–Kier alpha value is -1.04. The average Bonchev–Trinajstić information content (AvgIpc) is 2.28. The second-order valence-electron chi connectivity index (χ2n) is 3.46. The Morgan fingerprint density at radius 3 is 2.75 bits per heavy atom. The lowest BCUT2D eigenvalue weighted by molar-refractivity contribution is 0.0919. The highest BCUT2D eigenvalue weighted by Crippen LogP contribution is 2.25. The van der Waals surface area contributed by atoms with Crippen molar-refractivity contribution < 1.29 is 4.79 Å². The van der Waals surface area contributed by atoms with Gasteiger partial charge in [-0.3, -0.25) is 4.79 Å². The number of carbonyl (C=O) groups excluding carboxylic acids is 1. The van der Waals surface area contributed by atoms with Crippen LogP contribution in [-0.2, 0) is 0 Å². The summed E-state index contributed by atoms with van der Waals surface area (Å²) in [4.78, 5) is 12.0. The molecule has 0 aromatic heterocycles. The molecule has 0 saturated carbocycles. The Morgan fingerprint density at radius 1 is 1.50 bits per heavy atom. The normalized spacial score (nSPS) is 11.9. The van der Waals surface area contributed by atoms with E-state index in [2.05, 4.69) is 0 Å². The van der Waals surface area contributed by atoms with E-state index in [1.165, 1.54) is 0 Å². The summed E-state index contributed by atoms with van der Waals surface area (Å²) in [6, 6.07) is 6.78. The van der Waals surface area contributed by atoms with Crippen molar-refractivity contribution in [3.05, 3.63) is 33.8 Å². The van der Waals surface area contributed by atoms with Crippen molar-refractivity contribution in [1.29, 1.82) is 5.26 Å². The minimum Gasteiger partial charge on any atom is -0.294 e. The Bertz CT molecular complexity index is 437. The maximum atomic E-state index is 12.0. The van der Waals surface area contributed by atoms with Crippen LogP contribution in [0.5, 0.6) is 0 Å². The second kappa shape index (κ2) is 5.89.